The third kappa shape index (κ3) is 3.14. The standard InChI is InChI=1S/C21H33NO2/c1-15(16-8-6-5-7-9-16)22-13-18(23)14-24-19-12-17-10-11-21(19,4)20(17,2)3/h5-9,15,17-19,22-23H,10-14H2,1-4H3/t15-,17+,18+,19-,21+/m1/s1. The van der Waals surface area contributed by atoms with Crippen LogP contribution >= 0.6 is 0 Å². The summed E-state index contributed by atoms with van der Waals surface area (Å²) >= 11 is 0. The Hall–Kier alpha value is -0.900. The smallest absolute Gasteiger partial charge is 0.0898 e. The fourth-order valence-corrected chi connectivity index (χ4v) is 4.84. The van der Waals surface area contributed by atoms with Crippen LogP contribution in [0.1, 0.15) is 58.6 Å². The molecule has 3 rings (SSSR count). The van der Waals surface area contributed by atoms with Crippen molar-refractivity contribution in [2.75, 3.05) is 13.2 Å². The molecule has 2 fully saturated rings. The van der Waals surface area contributed by atoms with Crippen molar-refractivity contribution in [3.8, 4) is 0 Å². The van der Waals surface area contributed by atoms with Gasteiger partial charge in [0, 0.05) is 12.6 Å². The Labute approximate surface area is 146 Å². The predicted octanol–water partition coefficient (Wildman–Crippen LogP) is 3.93. The summed E-state index contributed by atoms with van der Waals surface area (Å²) < 4.78 is 6.19. The SMILES string of the molecule is C[C@@H](NC[C@H](O)CO[C@@H]1C[C@@H]2CC[C@]1(C)C2(C)C)c1ccccc1. The predicted molar refractivity (Wildman–Crippen MR) is 97.8 cm³/mol. The maximum Gasteiger partial charge on any atom is 0.0898 e. The first kappa shape index (κ1) is 17.9. The molecule has 1 aromatic carbocycles. The Morgan fingerprint density at radius 1 is 1.25 bits per heavy atom. The monoisotopic (exact) mass is 331 g/mol. The molecular formula is C21H33NO2. The van der Waals surface area contributed by atoms with Gasteiger partial charge in [0.2, 0.25) is 0 Å². The zero-order valence-corrected chi connectivity index (χ0v) is 15.6. The Kier molecular flexibility index (Phi) is 5.06. The first-order valence-corrected chi connectivity index (χ1v) is 9.42. The van der Waals surface area contributed by atoms with Crippen LogP contribution < -0.4 is 5.32 Å². The second kappa shape index (κ2) is 6.78. The van der Waals surface area contributed by atoms with E-state index in [-0.39, 0.29) is 11.5 Å². The molecule has 134 valence electrons. The van der Waals surface area contributed by atoms with Crippen molar-refractivity contribution >= 4 is 0 Å². The van der Waals surface area contributed by atoms with Gasteiger partial charge in [-0.15, -0.1) is 0 Å². The van der Waals surface area contributed by atoms with Gasteiger partial charge in [-0.1, -0.05) is 51.1 Å². The highest BCUT2D eigenvalue weighted by Crippen LogP contribution is 2.66. The van der Waals surface area contributed by atoms with Crippen molar-refractivity contribution in [2.24, 2.45) is 16.7 Å². The number of ether oxygens (including phenoxy) is 1. The van der Waals surface area contributed by atoms with Gasteiger partial charge in [-0.25, -0.2) is 0 Å². The summed E-state index contributed by atoms with van der Waals surface area (Å²) in [5.74, 6) is 0.779. The molecule has 5 atom stereocenters. The quantitative estimate of drug-likeness (QED) is 0.795. The molecule has 0 unspecified atom stereocenters. The Balaban J connectivity index is 1.44. The number of aliphatic hydroxyl groups is 1. The van der Waals surface area contributed by atoms with Crippen LogP contribution in [0.2, 0.25) is 0 Å². The van der Waals surface area contributed by atoms with E-state index in [0.29, 0.717) is 24.7 Å². The van der Waals surface area contributed by atoms with E-state index in [2.05, 4.69) is 45.1 Å². The molecule has 0 heterocycles. The number of benzene rings is 1. The largest absolute Gasteiger partial charge is 0.389 e. The average molecular weight is 332 g/mol. The average Bonchev–Trinajstić information content (AvgIpc) is 2.91. The van der Waals surface area contributed by atoms with Gasteiger partial charge in [0.25, 0.3) is 0 Å². The molecule has 0 amide bonds. The zero-order chi connectivity index (χ0) is 17.4. The second-order valence-corrected chi connectivity index (χ2v) is 8.63. The first-order chi connectivity index (χ1) is 11.3. The van der Waals surface area contributed by atoms with Crippen LogP contribution in [0.5, 0.6) is 0 Å². The van der Waals surface area contributed by atoms with Crippen LogP contribution in [0.4, 0.5) is 0 Å². The van der Waals surface area contributed by atoms with E-state index in [1.54, 1.807) is 0 Å². The number of hydrogen-bond donors (Lipinski definition) is 2. The molecule has 3 nitrogen and oxygen atoms in total. The summed E-state index contributed by atoms with van der Waals surface area (Å²) in [4.78, 5) is 0. The highest BCUT2D eigenvalue weighted by Gasteiger charge is 2.61. The van der Waals surface area contributed by atoms with Gasteiger partial charge in [0.05, 0.1) is 18.8 Å². The number of fused-ring (bicyclic) bond motifs is 2. The summed E-state index contributed by atoms with van der Waals surface area (Å²) in [6, 6.07) is 10.6. The maximum absolute atomic E-state index is 10.3. The van der Waals surface area contributed by atoms with Gasteiger partial charge in [-0.2, -0.15) is 0 Å². The molecule has 0 saturated heterocycles. The molecule has 0 aromatic heterocycles. The normalized spacial score (nSPS) is 33.5. The minimum Gasteiger partial charge on any atom is -0.389 e. The molecule has 2 aliphatic rings. The lowest BCUT2D eigenvalue weighted by atomic mass is 9.70. The molecule has 1 aromatic rings. The van der Waals surface area contributed by atoms with E-state index in [1.807, 2.05) is 18.2 Å². The third-order valence-corrected chi connectivity index (χ3v) is 7.16. The van der Waals surface area contributed by atoms with E-state index in [0.717, 1.165) is 12.3 Å². The van der Waals surface area contributed by atoms with Crippen molar-refractivity contribution in [1.29, 1.82) is 0 Å². The Bertz CT molecular complexity index is 544. The van der Waals surface area contributed by atoms with E-state index < -0.39 is 6.10 Å². The molecule has 3 heteroatoms. The molecule has 2 saturated carbocycles. The lowest BCUT2D eigenvalue weighted by molar-refractivity contribution is -0.0744. The van der Waals surface area contributed by atoms with Crippen molar-refractivity contribution in [1.82, 2.24) is 5.32 Å². The van der Waals surface area contributed by atoms with E-state index in [9.17, 15) is 5.11 Å². The second-order valence-electron chi connectivity index (χ2n) is 8.63. The lowest BCUT2D eigenvalue weighted by Crippen LogP contribution is -2.40. The molecular weight excluding hydrogens is 298 g/mol. The summed E-state index contributed by atoms with van der Waals surface area (Å²) in [6.45, 7) is 10.3. The molecule has 0 spiro atoms. The van der Waals surface area contributed by atoms with Crippen molar-refractivity contribution in [3.63, 3.8) is 0 Å². The van der Waals surface area contributed by atoms with E-state index in [4.69, 9.17) is 4.74 Å². The summed E-state index contributed by atoms with van der Waals surface area (Å²) in [5, 5.41) is 13.7. The zero-order valence-electron chi connectivity index (χ0n) is 15.6. The van der Waals surface area contributed by atoms with Gasteiger partial charge < -0.3 is 15.2 Å². The summed E-state index contributed by atoms with van der Waals surface area (Å²) in [5.41, 5.74) is 1.87. The van der Waals surface area contributed by atoms with Gasteiger partial charge in [0.1, 0.15) is 0 Å². The van der Waals surface area contributed by atoms with Crippen LogP contribution in [-0.4, -0.2) is 30.5 Å². The minimum absolute atomic E-state index is 0.236. The van der Waals surface area contributed by atoms with Crippen molar-refractivity contribution in [3.05, 3.63) is 35.9 Å². The van der Waals surface area contributed by atoms with E-state index >= 15 is 0 Å². The molecule has 2 N–H and O–H groups in total. The molecule has 0 radical (unpaired) electrons. The highest BCUT2D eigenvalue weighted by atomic mass is 16.5. The number of rotatable bonds is 7. The maximum atomic E-state index is 10.3. The number of aliphatic hydroxyl groups excluding tert-OH is 1. The Morgan fingerprint density at radius 3 is 2.54 bits per heavy atom. The van der Waals surface area contributed by atoms with Crippen LogP contribution in [0.15, 0.2) is 30.3 Å². The molecule has 24 heavy (non-hydrogen) atoms. The summed E-state index contributed by atoms with van der Waals surface area (Å²) in [7, 11) is 0. The Morgan fingerprint density at radius 2 is 1.96 bits per heavy atom. The fourth-order valence-electron chi connectivity index (χ4n) is 4.84. The van der Waals surface area contributed by atoms with Gasteiger partial charge >= 0.3 is 0 Å². The van der Waals surface area contributed by atoms with Crippen LogP contribution in [0.25, 0.3) is 0 Å². The number of hydrogen-bond acceptors (Lipinski definition) is 3. The van der Waals surface area contributed by atoms with Crippen LogP contribution in [-0.2, 0) is 4.74 Å². The lowest BCUT2D eigenvalue weighted by Gasteiger charge is -2.39. The van der Waals surface area contributed by atoms with Gasteiger partial charge in [-0.05, 0) is 48.5 Å². The molecule has 2 bridgehead atoms. The van der Waals surface area contributed by atoms with Crippen molar-refractivity contribution < 1.29 is 9.84 Å². The van der Waals surface area contributed by atoms with Crippen LogP contribution in [0, 0.1) is 16.7 Å². The van der Waals surface area contributed by atoms with Gasteiger partial charge in [-0.3, -0.25) is 0 Å². The first-order valence-electron chi connectivity index (χ1n) is 9.42. The summed E-state index contributed by atoms with van der Waals surface area (Å²) in [6.07, 6.45) is 3.59. The number of nitrogens with one attached hydrogen (secondary N) is 1. The molecule has 2 aliphatic carbocycles. The highest BCUT2D eigenvalue weighted by molar-refractivity contribution is 5.18. The fraction of sp³-hybridized carbons (Fsp3) is 0.714. The molecule has 0 aliphatic heterocycles. The third-order valence-electron chi connectivity index (χ3n) is 7.16. The topological polar surface area (TPSA) is 41.5 Å². The van der Waals surface area contributed by atoms with Gasteiger partial charge in [0.15, 0.2) is 0 Å². The van der Waals surface area contributed by atoms with E-state index in [1.165, 1.54) is 18.4 Å². The van der Waals surface area contributed by atoms with Crippen LogP contribution in [0.3, 0.4) is 0 Å². The minimum atomic E-state index is -0.456. The van der Waals surface area contributed by atoms with Crippen molar-refractivity contribution in [2.45, 2.75) is 65.2 Å².